The fraction of sp³-hybridized carbons (Fsp3) is 0.208. The third-order valence-corrected chi connectivity index (χ3v) is 6.14. The molecular weight excluding hydrogens is 382 g/mol. The van der Waals surface area contributed by atoms with Gasteiger partial charge in [-0.3, -0.25) is 9.20 Å². The molecule has 0 radical (unpaired) electrons. The van der Waals surface area contributed by atoms with Crippen molar-refractivity contribution in [3.8, 4) is 17.2 Å². The van der Waals surface area contributed by atoms with Crippen LogP contribution >= 0.6 is 11.6 Å². The fourth-order valence-corrected chi connectivity index (χ4v) is 4.48. The molecule has 5 heteroatoms. The summed E-state index contributed by atoms with van der Waals surface area (Å²) in [4.78, 5) is 17.9. The van der Waals surface area contributed by atoms with E-state index < -0.39 is 0 Å². The van der Waals surface area contributed by atoms with Crippen LogP contribution in [0.3, 0.4) is 0 Å². The minimum Gasteiger partial charge on any atom is -0.295 e. The van der Waals surface area contributed by atoms with Crippen LogP contribution in [0.25, 0.3) is 27.8 Å². The van der Waals surface area contributed by atoms with Gasteiger partial charge in [-0.15, -0.1) is 0 Å². The van der Waals surface area contributed by atoms with Crippen LogP contribution < -0.4 is 0 Å². The number of ketones is 1. The lowest BCUT2D eigenvalue weighted by Crippen LogP contribution is -2.18. The number of nitrogens with zero attached hydrogens (tertiary/aromatic N) is 3. The summed E-state index contributed by atoms with van der Waals surface area (Å²) in [5.41, 5.74) is 8.27. The molecule has 142 valence electrons. The molecule has 4 aromatic rings. The van der Waals surface area contributed by atoms with E-state index in [0.29, 0.717) is 33.8 Å². The van der Waals surface area contributed by atoms with Crippen molar-refractivity contribution in [2.24, 2.45) is 0 Å². The molecule has 1 aliphatic carbocycles. The van der Waals surface area contributed by atoms with Crippen molar-refractivity contribution in [2.45, 2.75) is 33.1 Å². The molecule has 29 heavy (non-hydrogen) atoms. The Morgan fingerprint density at radius 3 is 2.52 bits per heavy atom. The van der Waals surface area contributed by atoms with Crippen LogP contribution in [0.15, 0.2) is 36.4 Å². The number of carbonyl (C=O) groups is 1. The zero-order valence-corrected chi connectivity index (χ0v) is 17.0. The van der Waals surface area contributed by atoms with Gasteiger partial charge in [0.05, 0.1) is 11.0 Å². The zero-order chi connectivity index (χ0) is 20.3. The summed E-state index contributed by atoms with van der Waals surface area (Å²) in [6, 6.07) is 13.8. The molecule has 5 rings (SSSR count). The molecule has 0 saturated heterocycles. The third-order valence-electron chi connectivity index (χ3n) is 5.89. The average Bonchev–Trinajstić information content (AvgIpc) is 3.06. The maximum Gasteiger partial charge on any atom is 0.165 e. The van der Waals surface area contributed by atoms with E-state index in [-0.39, 0.29) is 5.78 Å². The predicted octanol–water partition coefficient (Wildman–Crippen LogP) is 5.82. The number of carbonyl (C=O) groups excluding carboxylic acids is 1. The highest BCUT2D eigenvalue weighted by Crippen LogP contribution is 2.38. The molecule has 1 aliphatic rings. The summed E-state index contributed by atoms with van der Waals surface area (Å²) in [6.45, 7) is 4.13. The van der Waals surface area contributed by atoms with Crippen LogP contribution in [-0.4, -0.2) is 15.2 Å². The number of Topliss-reactive ketones (excluding diaryl/α,β-unsaturated/α-hetero) is 1. The van der Waals surface area contributed by atoms with Crippen LogP contribution in [0.1, 0.15) is 45.6 Å². The van der Waals surface area contributed by atoms with Crippen LogP contribution in [0.2, 0.25) is 5.02 Å². The van der Waals surface area contributed by atoms with E-state index in [1.54, 1.807) is 12.1 Å². The molecule has 0 spiro atoms. The van der Waals surface area contributed by atoms with Crippen LogP contribution in [0, 0.1) is 25.2 Å². The second kappa shape index (κ2) is 6.43. The number of aryl methyl sites for hydroxylation is 3. The largest absolute Gasteiger partial charge is 0.295 e. The van der Waals surface area contributed by atoms with E-state index in [1.807, 2.05) is 16.5 Å². The van der Waals surface area contributed by atoms with Gasteiger partial charge in [-0.2, -0.15) is 5.26 Å². The maximum absolute atomic E-state index is 13.1. The first-order valence-corrected chi connectivity index (χ1v) is 10.0. The van der Waals surface area contributed by atoms with Crippen LogP contribution in [-0.2, 0) is 6.42 Å². The van der Waals surface area contributed by atoms with E-state index in [4.69, 9.17) is 16.6 Å². The number of rotatable bonds is 1. The van der Waals surface area contributed by atoms with Gasteiger partial charge in [-0.05, 0) is 67.6 Å². The van der Waals surface area contributed by atoms with E-state index in [2.05, 4.69) is 32.0 Å². The number of nitriles is 1. The Kier molecular flexibility index (Phi) is 3.97. The number of benzene rings is 2. The number of fused-ring (bicyclic) bond motifs is 5. The quantitative estimate of drug-likeness (QED) is 0.405. The Hall–Kier alpha value is -3.16. The highest BCUT2D eigenvalue weighted by atomic mass is 35.5. The standard InChI is InChI=1S/C24H18ClN3O/c1-13-10-18-20(11-14(13)2)28-19-4-3-5-21(29)23(19)22(17(12-26)24(28)27-18)15-6-8-16(25)9-7-15/h6-11H,3-5H2,1-2H3. The Morgan fingerprint density at radius 2 is 1.79 bits per heavy atom. The van der Waals surface area contributed by atoms with Gasteiger partial charge in [-0.1, -0.05) is 23.7 Å². The molecule has 0 atom stereocenters. The molecule has 0 amide bonds. The highest BCUT2D eigenvalue weighted by molar-refractivity contribution is 6.30. The maximum atomic E-state index is 13.1. The van der Waals surface area contributed by atoms with E-state index in [9.17, 15) is 10.1 Å². The topological polar surface area (TPSA) is 58.2 Å². The summed E-state index contributed by atoms with van der Waals surface area (Å²) in [7, 11) is 0. The minimum absolute atomic E-state index is 0.0836. The van der Waals surface area contributed by atoms with Crippen LogP contribution in [0.5, 0.6) is 0 Å². The van der Waals surface area contributed by atoms with E-state index >= 15 is 0 Å². The Labute approximate surface area is 173 Å². The molecule has 2 heterocycles. The van der Waals surface area contributed by atoms with Gasteiger partial charge in [0.25, 0.3) is 0 Å². The Bertz CT molecular complexity index is 1370. The number of pyridine rings is 1. The summed E-state index contributed by atoms with van der Waals surface area (Å²) in [6.07, 6.45) is 2.08. The average molecular weight is 400 g/mol. The zero-order valence-electron chi connectivity index (χ0n) is 16.2. The fourth-order valence-electron chi connectivity index (χ4n) is 4.36. The molecule has 0 unspecified atom stereocenters. The smallest absolute Gasteiger partial charge is 0.165 e. The Morgan fingerprint density at radius 1 is 1.07 bits per heavy atom. The van der Waals surface area contributed by atoms with Gasteiger partial charge in [0, 0.05) is 28.3 Å². The lowest BCUT2D eigenvalue weighted by molar-refractivity contribution is 0.0972. The third kappa shape index (κ3) is 2.58. The number of aromatic nitrogens is 2. The minimum atomic E-state index is 0.0836. The van der Waals surface area contributed by atoms with Crippen molar-refractivity contribution in [1.82, 2.24) is 9.38 Å². The predicted molar refractivity (Wildman–Crippen MR) is 115 cm³/mol. The first-order chi connectivity index (χ1) is 14.0. The number of hydrogen-bond acceptors (Lipinski definition) is 3. The van der Waals surface area contributed by atoms with Crippen molar-refractivity contribution < 1.29 is 4.79 Å². The van der Waals surface area contributed by atoms with Crippen molar-refractivity contribution in [3.63, 3.8) is 0 Å². The highest BCUT2D eigenvalue weighted by Gasteiger charge is 2.29. The summed E-state index contributed by atoms with van der Waals surface area (Å²) < 4.78 is 2.03. The van der Waals surface area contributed by atoms with Gasteiger partial charge >= 0.3 is 0 Å². The second-order valence-electron chi connectivity index (χ2n) is 7.66. The van der Waals surface area contributed by atoms with Gasteiger partial charge in [0.1, 0.15) is 11.6 Å². The van der Waals surface area contributed by atoms with E-state index in [0.717, 1.165) is 46.3 Å². The molecule has 0 bridgehead atoms. The summed E-state index contributed by atoms with van der Waals surface area (Å²) >= 11 is 6.07. The summed E-state index contributed by atoms with van der Waals surface area (Å²) in [5.74, 6) is 0.0836. The summed E-state index contributed by atoms with van der Waals surface area (Å²) in [5, 5.41) is 10.7. The first kappa shape index (κ1) is 17.9. The van der Waals surface area contributed by atoms with Crippen LogP contribution in [0.4, 0.5) is 0 Å². The van der Waals surface area contributed by atoms with Gasteiger partial charge < -0.3 is 0 Å². The normalized spacial score (nSPS) is 13.7. The number of hydrogen-bond donors (Lipinski definition) is 0. The molecule has 0 aliphatic heterocycles. The first-order valence-electron chi connectivity index (χ1n) is 9.67. The number of imidazole rings is 1. The molecular formula is C24H18ClN3O. The van der Waals surface area contributed by atoms with Crippen molar-refractivity contribution in [1.29, 1.82) is 5.26 Å². The van der Waals surface area contributed by atoms with Crippen molar-refractivity contribution in [2.75, 3.05) is 0 Å². The second-order valence-corrected chi connectivity index (χ2v) is 8.10. The molecule has 4 nitrogen and oxygen atoms in total. The van der Waals surface area contributed by atoms with Gasteiger partial charge in [0.2, 0.25) is 0 Å². The SMILES string of the molecule is Cc1cc2nc3c(C#N)c(-c4ccc(Cl)cc4)c4c(n3c2cc1C)CCCC4=O. The van der Waals surface area contributed by atoms with Crippen molar-refractivity contribution >= 4 is 34.1 Å². The van der Waals surface area contributed by atoms with Gasteiger partial charge in [0.15, 0.2) is 11.4 Å². The lowest BCUT2D eigenvalue weighted by atomic mass is 9.85. The molecule has 0 N–H and O–H groups in total. The molecule has 2 aromatic heterocycles. The lowest BCUT2D eigenvalue weighted by Gasteiger charge is -2.22. The Balaban J connectivity index is 2.01. The monoisotopic (exact) mass is 399 g/mol. The van der Waals surface area contributed by atoms with Crippen molar-refractivity contribution in [3.05, 3.63) is 69.4 Å². The molecule has 0 fully saturated rings. The van der Waals surface area contributed by atoms with E-state index in [1.165, 1.54) is 0 Å². The number of halogens is 1. The molecule has 0 saturated carbocycles. The molecule has 2 aromatic carbocycles. The van der Waals surface area contributed by atoms with Gasteiger partial charge in [-0.25, -0.2) is 4.98 Å².